The molecule has 0 aliphatic rings. The minimum Gasteiger partial charge on any atom is -0.493 e. The highest BCUT2D eigenvalue weighted by atomic mass is 32.2. The Morgan fingerprint density at radius 3 is 2.41 bits per heavy atom. The van der Waals surface area contributed by atoms with Crippen molar-refractivity contribution in [3.8, 4) is 17.2 Å². The van der Waals surface area contributed by atoms with Crippen molar-refractivity contribution in [1.29, 1.82) is 0 Å². The fourth-order valence-electron chi connectivity index (χ4n) is 2.72. The summed E-state index contributed by atoms with van der Waals surface area (Å²) in [6.45, 7) is 2.34. The number of anilines is 2. The topological polar surface area (TPSA) is 116 Å². The van der Waals surface area contributed by atoms with Gasteiger partial charge in [-0.25, -0.2) is 14.6 Å². The third-order valence-electron chi connectivity index (χ3n) is 4.02. The molecular formula is C18H24N6O4S. The summed E-state index contributed by atoms with van der Waals surface area (Å²) in [4.78, 5) is 9.17. The van der Waals surface area contributed by atoms with Crippen LogP contribution in [0.5, 0.6) is 17.2 Å². The summed E-state index contributed by atoms with van der Waals surface area (Å²) in [5, 5.41) is 21.4. The molecule has 0 aliphatic carbocycles. The van der Waals surface area contributed by atoms with Gasteiger partial charge >= 0.3 is 0 Å². The normalized spacial score (nSPS) is 10.9. The molecule has 0 saturated heterocycles. The van der Waals surface area contributed by atoms with E-state index in [1.165, 1.54) is 0 Å². The SMILES string of the molecule is CCCSc1nc(Nc2cc(OC)c(OC)c(OC)c2)c2nnn(CCO)c2n1. The number of hydrogen-bond acceptors (Lipinski definition) is 10. The number of aromatic nitrogens is 5. The van der Waals surface area contributed by atoms with Crippen LogP contribution in [0.1, 0.15) is 13.3 Å². The predicted octanol–water partition coefficient (Wildman–Crippen LogP) is 2.49. The van der Waals surface area contributed by atoms with Gasteiger partial charge in [-0.1, -0.05) is 23.9 Å². The van der Waals surface area contributed by atoms with Gasteiger partial charge in [-0.3, -0.25) is 0 Å². The van der Waals surface area contributed by atoms with Crippen molar-refractivity contribution in [2.24, 2.45) is 0 Å². The third-order valence-corrected chi connectivity index (χ3v) is 5.07. The van der Waals surface area contributed by atoms with E-state index in [4.69, 9.17) is 14.2 Å². The minimum atomic E-state index is -0.0600. The smallest absolute Gasteiger partial charge is 0.203 e. The second-order valence-electron chi connectivity index (χ2n) is 5.95. The van der Waals surface area contributed by atoms with Crippen LogP contribution in [0.4, 0.5) is 11.5 Å². The predicted molar refractivity (Wildman–Crippen MR) is 111 cm³/mol. The second-order valence-corrected chi connectivity index (χ2v) is 7.01. The van der Waals surface area contributed by atoms with Gasteiger partial charge in [0.15, 0.2) is 33.6 Å². The zero-order valence-electron chi connectivity index (χ0n) is 16.8. The first-order chi connectivity index (χ1) is 14.1. The van der Waals surface area contributed by atoms with Crippen LogP contribution in [-0.2, 0) is 6.54 Å². The van der Waals surface area contributed by atoms with Gasteiger partial charge in [0.25, 0.3) is 0 Å². The van der Waals surface area contributed by atoms with Crippen molar-refractivity contribution in [2.75, 3.05) is 39.0 Å². The molecule has 2 N–H and O–H groups in total. The Bertz CT molecular complexity index is 955. The maximum absolute atomic E-state index is 9.28. The average molecular weight is 420 g/mol. The van der Waals surface area contributed by atoms with Crippen LogP contribution in [0, 0.1) is 0 Å². The van der Waals surface area contributed by atoms with Gasteiger partial charge in [0.2, 0.25) is 5.75 Å². The summed E-state index contributed by atoms with van der Waals surface area (Å²) in [5.41, 5.74) is 1.75. The molecular weight excluding hydrogens is 396 g/mol. The number of fused-ring (bicyclic) bond motifs is 1. The number of methoxy groups -OCH3 is 3. The molecule has 11 heteroatoms. The molecule has 3 rings (SSSR count). The van der Waals surface area contributed by atoms with Crippen molar-refractivity contribution in [2.45, 2.75) is 25.0 Å². The molecule has 0 radical (unpaired) electrons. The first-order valence-electron chi connectivity index (χ1n) is 9.07. The second kappa shape index (κ2) is 9.61. The van der Waals surface area contributed by atoms with Crippen molar-refractivity contribution in [3.63, 3.8) is 0 Å². The van der Waals surface area contributed by atoms with Crippen LogP contribution >= 0.6 is 11.8 Å². The van der Waals surface area contributed by atoms with E-state index in [1.807, 2.05) is 0 Å². The standard InChI is InChI=1S/C18H24N6O4S/c1-5-8-29-18-20-16(14-17(21-18)24(6-7-25)23-22-14)19-11-9-12(26-2)15(28-4)13(10-11)27-3/h9-10,25H,5-8H2,1-4H3,(H,19,20,21). The quantitative estimate of drug-likeness (QED) is 0.374. The number of nitrogens with zero attached hydrogens (tertiary/aromatic N) is 5. The molecule has 0 saturated carbocycles. The summed E-state index contributed by atoms with van der Waals surface area (Å²) in [5.74, 6) is 2.93. The van der Waals surface area contributed by atoms with Crippen molar-refractivity contribution < 1.29 is 19.3 Å². The lowest BCUT2D eigenvalue weighted by Gasteiger charge is -2.15. The van der Waals surface area contributed by atoms with E-state index in [9.17, 15) is 5.11 Å². The number of rotatable bonds is 10. The van der Waals surface area contributed by atoms with E-state index in [1.54, 1.807) is 49.9 Å². The van der Waals surface area contributed by atoms with Gasteiger partial charge in [0.05, 0.1) is 34.5 Å². The Morgan fingerprint density at radius 2 is 1.83 bits per heavy atom. The monoisotopic (exact) mass is 420 g/mol. The number of hydrogen-bond donors (Lipinski definition) is 2. The number of nitrogens with one attached hydrogen (secondary N) is 1. The van der Waals surface area contributed by atoms with Gasteiger partial charge in [-0.2, -0.15) is 0 Å². The Kier molecular flexibility index (Phi) is 6.94. The van der Waals surface area contributed by atoms with Gasteiger partial charge < -0.3 is 24.6 Å². The summed E-state index contributed by atoms with van der Waals surface area (Å²) < 4.78 is 17.8. The molecule has 0 bridgehead atoms. The number of aliphatic hydroxyl groups excluding tert-OH is 1. The highest BCUT2D eigenvalue weighted by Gasteiger charge is 2.18. The van der Waals surface area contributed by atoms with Crippen LogP contribution in [0.3, 0.4) is 0 Å². The molecule has 1 aromatic carbocycles. The third kappa shape index (κ3) is 4.46. The Hall–Kier alpha value is -2.79. The van der Waals surface area contributed by atoms with E-state index in [2.05, 4.69) is 32.5 Å². The number of aliphatic hydroxyl groups is 1. The molecule has 0 aliphatic heterocycles. The van der Waals surface area contributed by atoms with Crippen molar-refractivity contribution in [1.82, 2.24) is 25.0 Å². The van der Waals surface area contributed by atoms with Crippen LogP contribution in [0.2, 0.25) is 0 Å². The van der Waals surface area contributed by atoms with Crippen molar-refractivity contribution >= 4 is 34.4 Å². The largest absolute Gasteiger partial charge is 0.493 e. The van der Waals surface area contributed by atoms with E-state index < -0.39 is 0 Å². The molecule has 0 fully saturated rings. The lowest BCUT2D eigenvalue weighted by molar-refractivity contribution is 0.270. The molecule has 3 aromatic rings. The summed E-state index contributed by atoms with van der Waals surface area (Å²) in [7, 11) is 4.67. The molecule has 156 valence electrons. The molecule has 10 nitrogen and oxygen atoms in total. The molecule has 0 spiro atoms. The van der Waals surface area contributed by atoms with Gasteiger partial charge in [0.1, 0.15) is 0 Å². The lowest BCUT2D eigenvalue weighted by atomic mass is 10.2. The molecule has 29 heavy (non-hydrogen) atoms. The number of thioether (sulfide) groups is 1. The number of benzene rings is 1. The first kappa shape index (κ1) is 20.9. The zero-order chi connectivity index (χ0) is 20.8. The van der Waals surface area contributed by atoms with Gasteiger partial charge in [0, 0.05) is 23.6 Å². The maximum Gasteiger partial charge on any atom is 0.203 e. The van der Waals surface area contributed by atoms with E-state index in [-0.39, 0.29) is 6.61 Å². The Balaban J connectivity index is 2.07. The van der Waals surface area contributed by atoms with E-state index in [0.29, 0.717) is 51.6 Å². The summed E-state index contributed by atoms with van der Waals surface area (Å²) in [6.07, 6.45) is 0.996. The lowest BCUT2D eigenvalue weighted by Crippen LogP contribution is -2.06. The fraction of sp³-hybridized carbons (Fsp3) is 0.444. The molecule has 0 unspecified atom stereocenters. The van der Waals surface area contributed by atoms with Crippen LogP contribution in [0.15, 0.2) is 17.3 Å². The van der Waals surface area contributed by atoms with Crippen LogP contribution in [0.25, 0.3) is 11.2 Å². The zero-order valence-corrected chi connectivity index (χ0v) is 17.6. The average Bonchev–Trinajstić information content (AvgIpc) is 3.14. The van der Waals surface area contributed by atoms with Crippen molar-refractivity contribution in [3.05, 3.63) is 12.1 Å². The first-order valence-corrected chi connectivity index (χ1v) is 10.1. The summed E-state index contributed by atoms with van der Waals surface area (Å²) >= 11 is 1.55. The fourth-order valence-corrected chi connectivity index (χ4v) is 3.41. The van der Waals surface area contributed by atoms with Gasteiger partial charge in [-0.05, 0) is 6.42 Å². The molecule has 0 amide bonds. The Morgan fingerprint density at radius 1 is 1.10 bits per heavy atom. The maximum atomic E-state index is 9.28. The van der Waals surface area contributed by atoms with Crippen LogP contribution < -0.4 is 19.5 Å². The van der Waals surface area contributed by atoms with Gasteiger partial charge in [-0.15, -0.1) is 5.10 Å². The molecule has 0 atom stereocenters. The number of ether oxygens (including phenoxy) is 3. The molecule has 2 heterocycles. The van der Waals surface area contributed by atoms with E-state index in [0.717, 1.165) is 12.2 Å². The Labute approximate surface area is 172 Å². The van der Waals surface area contributed by atoms with E-state index >= 15 is 0 Å². The summed E-state index contributed by atoms with van der Waals surface area (Å²) in [6, 6.07) is 3.57. The highest BCUT2D eigenvalue weighted by molar-refractivity contribution is 7.99. The minimum absolute atomic E-state index is 0.0600. The highest BCUT2D eigenvalue weighted by Crippen LogP contribution is 2.41. The molecule has 2 aromatic heterocycles. The van der Waals surface area contributed by atoms with Crippen LogP contribution in [-0.4, -0.2) is 63.8 Å².